The molecule has 1 aromatic carbocycles. The highest BCUT2D eigenvalue weighted by molar-refractivity contribution is 7.10. The number of aliphatic hydroxyl groups is 1. The molecule has 0 unspecified atom stereocenters. The molecule has 0 aliphatic carbocycles. The number of aromatic nitrogens is 2. The van der Waals surface area contributed by atoms with E-state index in [1.165, 1.54) is 11.4 Å². The highest BCUT2D eigenvalue weighted by Crippen LogP contribution is 2.41. The topological polar surface area (TPSA) is 95.1 Å². The molecule has 1 amide bonds. The number of rotatable bonds is 4. The first kappa shape index (κ1) is 18.1. The Labute approximate surface area is 148 Å². The van der Waals surface area contributed by atoms with Crippen LogP contribution in [0.15, 0.2) is 46.6 Å². The number of carbonyl (C=O) groups is 1. The lowest BCUT2D eigenvalue weighted by Crippen LogP contribution is -2.53. The third-order valence-electron chi connectivity index (χ3n) is 3.69. The molecule has 3 aromatic rings. The van der Waals surface area contributed by atoms with Crippen LogP contribution < -0.4 is 10.9 Å². The monoisotopic (exact) mass is 383 g/mol. The zero-order valence-corrected chi connectivity index (χ0v) is 13.8. The molecule has 0 fully saturated rings. The summed E-state index contributed by atoms with van der Waals surface area (Å²) < 4.78 is 40.0. The number of carbonyl (C=O) groups excluding carboxylic acids is 1. The smallest absolute Gasteiger partial charge is 0.368 e. The van der Waals surface area contributed by atoms with Crippen molar-refractivity contribution in [3.05, 3.63) is 62.8 Å². The number of alkyl halides is 3. The maximum absolute atomic E-state index is 13.3. The second-order valence-corrected chi connectivity index (χ2v) is 6.35. The molecule has 1 atom stereocenters. The van der Waals surface area contributed by atoms with Crippen LogP contribution in [0.3, 0.4) is 0 Å². The minimum atomic E-state index is -5.22. The fourth-order valence-corrected chi connectivity index (χ4v) is 3.22. The van der Waals surface area contributed by atoms with Crippen molar-refractivity contribution in [3.8, 4) is 0 Å². The molecule has 136 valence electrons. The van der Waals surface area contributed by atoms with Gasteiger partial charge < -0.3 is 15.4 Å². The number of para-hydroxylation sites is 1. The average molecular weight is 383 g/mol. The summed E-state index contributed by atoms with van der Waals surface area (Å²) in [7, 11) is 0. The number of benzene rings is 1. The van der Waals surface area contributed by atoms with Crippen LogP contribution in [-0.2, 0) is 16.9 Å². The minimum Gasteiger partial charge on any atom is -0.368 e. The number of H-pyrrole nitrogens is 1. The molecule has 0 bridgehead atoms. The standard InChI is InChI=1S/C16H12F3N3O3S/c17-16(18,19)15(25,11-6-3-7-26-11)14(24)20-8-12-21-10-5-2-1-4-9(10)13(23)22-12/h1-7,25H,8H2,(H,20,24)(H,21,22,23)/t15-/m0/s1. The van der Waals surface area contributed by atoms with E-state index < -0.39 is 34.7 Å². The van der Waals surface area contributed by atoms with E-state index in [2.05, 4.69) is 9.97 Å². The van der Waals surface area contributed by atoms with Crippen LogP contribution in [0, 0.1) is 0 Å². The Morgan fingerprint density at radius 2 is 1.96 bits per heavy atom. The van der Waals surface area contributed by atoms with Gasteiger partial charge in [0.05, 0.1) is 22.3 Å². The van der Waals surface area contributed by atoms with E-state index in [0.717, 1.165) is 6.07 Å². The molecule has 0 aliphatic rings. The van der Waals surface area contributed by atoms with E-state index in [4.69, 9.17) is 0 Å². The first-order chi connectivity index (χ1) is 12.2. The Morgan fingerprint density at radius 1 is 1.23 bits per heavy atom. The van der Waals surface area contributed by atoms with Crippen LogP contribution in [0.25, 0.3) is 10.9 Å². The first-order valence-electron chi connectivity index (χ1n) is 7.33. The third-order valence-corrected chi connectivity index (χ3v) is 4.67. The molecular weight excluding hydrogens is 371 g/mol. The predicted octanol–water partition coefficient (Wildman–Crippen LogP) is 2.05. The molecule has 0 radical (unpaired) electrons. The molecule has 3 rings (SSSR count). The van der Waals surface area contributed by atoms with Crippen molar-refractivity contribution in [1.82, 2.24) is 15.3 Å². The van der Waals surface area contributed by atoms with Gasteiger partial charge in [0.1, 0.15) is 5.82 Å². The Balaban J connectivity index is 1.87. The fraction of sp³-hybridized carbons (Fsp3) is 0.188. The van der Waals surface area contributed by atoms with Crippen LogP contribution in [0.1, 0.15) is 10.7 Å². The van der Waals surface area contributed by atoms with Crippen molar-refractivity contribution < 1.29 is 23.1 Å². The van der Waals surface area contributed by atoms with Crippen LogP contribution in [-0.4, -0.2) is 27.2 Å². The number of aromatic amines is 1. The number of halogens is 3. The summed E-state index contributed by atoms with van der Waals surface area (Å²) >= 11 is 0.607. The largest absolute Gasteiger partial charge is 0.431 e. The van der Waals surface area contributed by atoms with Crippen molar-refractivity contribution in [1.29, 1.82) is 0 Å². The van der Waals surface area contributed by atoms with Crippen LogP contribution in [0.2, 0.25) is 0 Å². The molecule has 0 saturated carbocycles. The van der Waals surface area contributed by atoms with Crippen molar-refractivity contribution in [2.45, 2.75) is 18.3 Å². The maximum atomic E-state index is 13.3. The van der Waals surface area contributed by atoms with Gasteiger partial charge in [-0.05, 0) is 23.6 Å². The van der Waals surface area contributed by atoms with Crippen molar-refractivity contribution in [2.75, 3.05) is 0 Å². The summed E-state index contributed by atoms with van der Waals surface area (Å²) in [4.78, 5) is 30.0. The molecule has 0 spiro atoms. The zero-order chi connectivity index (χ0) is 18.9. The van der Waals surface area contributed by atoms with Gasteiger partial charge in [-0.2, -0.15) is 13.2 Å². The molecule has 10 heteroatoms. The minimum absolute atomic E-state index is 0.0299. The molecule has 2 aromatic heterocycles. The molecule has 3 N–H and O–H groups in total. The number of thiophene rings is 1. The molecule has 0 aliphatic heterocycles. The number of amides is 1. The lowest BCUT2D eigenvalue weighted by atomic mass is 10.00. The van der Waals surface area contributed by atoms with E-state index >= 15 is 0 Å². The second-order valence-electron chi connectivity index (χ2n) is 5.40. The number of hydrogen-bond acceptors (Lipinski definition) is 5. The van der Waals surface area contributed by atoms with Gasteiger partial charge in [0.25, 0.3) is 17.1 Å². The van der Waals surface area contributed by atoms with Gasteiger partial charge in [-0.25, -0.2) is 4.98 Å². The number of nitrogens with one attached hydrogen (secondary N) is 2. The molecule has 26 heavy (non-hydrogen) atoms. The zero-order valence-electron chi connectivity index (χ0n) is 13.0. The quantitative estimate of drug-likeness (QED) is 0.643. The van der Waals surface area contributed by atoms with Gasteiger partial charge in [0, 0.05) is 0 Å². The highest BCUT2D eigenvalue weighted by atomic mass is 32.1. The summed E-state index contributed by atoms with van der Waals surface area (Å²) in [6.45, 7) is -0.483. The van der Waals surface area contributed by atoms with E-state index in [9.17, 15) is 27.9 Å². The fourth-order valence-electron chi connectivity index (χ4n) is 2.38. The first-order valence-corrected chi connectivity index (χ1v) is 8.21. The van der Waals surface area contributed by atoms with Gasteiger partial charge in [-0.1, -0.05) is 18.2 Å². The van der Waals surface area contributed by atoms with Crippen LogP contribution >= 0.6 is 11.3 Å². The second kappa shape index (κ2) is 6.54. The lowest BCUT2D eigenvalue weighted by Gasteiger charge is -2.28. The van der Waals surface area contributed by atoms with Gasteiger partial charge in [-0.3, -0.25) is 9.59 Å². The molecule has 6 nitrogen and oxygen atoms in total. The Kier molecular flexibility index (Phi) is 4.55. The summed E-state index contributed by atoms with van der Waals surface area (Å²) in [6, 6.07) is 8.72. The van der Waals surface area contributed by atoms with Gasteiger partial charge >= 0.3 is 6.18 Å². The Hall–Kier alpha value is -2.72. The third kappa shape index (κ3) is 3.08. The van der Waals surface area contributed by atoms with E-state index in [1.54, 1.807) is 24.3 Å². The molecule has 0 saturated heterocycles. The summed E-state index contributed by atoms with van der Waals surface area (Å²) in [6.07, 6.45) is -5.22. The Morgan fingerprint density at radius 3 is 2.62 bits per heavy atom. The van der Waals surface area contributed by atoms with E-state index in [1.807, 2.05) is 5.32 Å². The van der Waals surface area contributed by atoms with E-state index in [-0.39, 0.29) is 5.82 Å². The van der Waals surface area contributed by atoms with Gasteiger partial charge in [0.2, 0.25) is 0 Å². The van der Waals surface area contributed by atoms with Gasteiger partial charge in [0.15, 0.2) is 0 Å². The summed E-state index contributed by atoms with van der Waals surface area (Å²) in [5.74, 6) is -1.68. The van der Waals surface area contributed by atoms with Crippen molar-refractivity contribution in [3.63, 3.8) is 0 Å². The highest BCUT2D eigenvalue weighted by Gasteiger charge is 2.61. The maximum Gasteiger partial charge on any atom is 0.431 e. The number of fused-ring (bicyclic) bond motifs is 1. The van der Waals surface area contributed by atoms with Gasteiger partial charge in [-0.15, -0.1) is 11.3 Å². The Bertz CT molecular complexity index is 1000. The van der Waals surface area contributed by atoms with Crippen LogP contribution in [0.5, 0.6) is 0 Å². The number of nitrogens with zero attached hydrogens (tertiary/aromatic N) is 1. The van der Waals surface area contributed by atoms with Crippen molar-refractivity contribution >= 4 is 28.1 Å². The predicted molar refractivity (Wildman–Crippen MR) is 88.5 cm³/mol. The SMILES string of the molecule is O=C(NCc1nc2ccccc2c(=O)[nH]1)[C@@](O)(c1cccs1)C(F)(F)F. The molecular formula is C16H12F3N3O3S. The normalized spacial score (nSPS) is 14.2. The lowest BCUT2D eigenvalue weighted by molar-refractivity contribution is -0.255. The van der Waals surface area contributed by atoms with E-state index in [0.29, 0.717) is 22.2 Å². The van der Waals surface area contributed by atoms with Crippen molar-refractivity contribution in [2.24, 2.45) is 0 Å². The van der Waals surface area contributed by atoms with Crippen LogP contribution in [0.4, 0.5) is 13.2 Å². The summed E-state index contributed by atoms with van der Waals surface area (Å²) in [5.41, 5.74) is -3.83. The summed E-state index contributed by atoms with van der Waals surface area (Å²) in [5, 5.41) is 13.7. The number of hydrogen-bond donors (Lipinski definition) is 3. The molecule has 2 heterocycles. The average Bonchev–Trinajstić information content (AvgIpc) is 3.13.